The molecule has 0 spiro atoms. The Bertz CT molecular complexity index is 297. The third-order valence-electron chi connectivity index (χ3n) is 3.58. The van der Waals surface area contributed by atoms with E-state index in [0.29, 0.717) is 6.04 Å². The van der Waals surface area contributed by atoms with Crippen molar-refractivity contribution in [3.63, 3.8) is 0 Å². The van der Waals surface area contributed by atoms with Gasteiger partial charge in [-0.2, -0.15) is 11.3 Å². The summed E-state index contributed by atoms with van der Waals surface area (Å²) in [5.74, 6) is 0.817. The van der Waals surface area contributed by atoms with Gasteiger partial charge in [-0.15, -0.1) is 0 Å². The van der Waals surface area contributed by atoms with Crippen LogP contribution in [-0.2, 0) is 6.54 Å². The number of rotatable bonds is 4. The van der Waals surface area contributed by atoms with E-state index in [9.17, 15) is 0 Å². The van der Waals surface area contributed by atoms with E-state index in [1.54, 1.807) is 11.3 Å². The number of hydrogen-bond acceptors (Lipinski definition) is 3. The number of nitrogens with one attached hydrogen (secondary N) is 1. The second-order valence-corrected chi connectivity index (χ2v) is 5.75. The molecule has 2 heterocycles. The van der Waals surface area contributed by atoms with Crippen LogP contribution in [0.25, 0.3) is 0 Å². The van der Waals surface area contributed by atoms with Gasteiger partial charge < -0.3 is 10.2 Å². The fourth-order valence-corrected chi connectivity index (χ4v) is 3.12. The van der Waals surface area contributed by atoms with Crippen LogP contribution in [0.2, 0.25) is 0 Å². The molecule has 1 aromatic heterocycles. The summed E-state index contributed by atoms with van der Waals surface area (Å²) < 4.78 is 0. The summed E-state index contributed by atoms with van der Waals surface area (Å²) in [5, 5.41) is 8.03. The first-order chi connectivity index (χ1) is 7.75. The number of nitrogens with zero attached hydrogens (tertiary/aromatic N) is 1. The Balaban J connectivity index is 1.76. The third kappa shape index (κ3) is 3.30. The summed E-state index contributed by atoms with van der Waals surface area (Å²) in [4.78, 5) is 2.46. The summed E-state index contributed by atoms with van der Waals surface area (Å²) in [6.45, 7) is 5.87. The fourth-order valence-electron chi connectivity index (χ4n) is 2.45. The van der Waals surface area contributed by atoms with Gasteiger partial charge in [0, 0.05) is 19.1 Å². The largest absolute Gasteiger partial charge is 0.310 e. The van der Waals surface area contributed by atoms with Gasteiger partial charge in [0.1, 0.15) is 0 Å². The average molecular weight is 238 g/mol. The van der Waals surface area contributed by atoms with E-state index in [-0.39, 0.29) is 0 Å². The van der Waals surface area contributed by atoms with Crippen LogP contribution in [0.5, 0.6) is 0 Å². The first kappa shape index (κ1) is 12.1. The normalized spacial score (nSPS) is 24.5. The lowest BCUT2D eigenvalue weighted by atomic mass is 9.92. The molecule has 0 saturated carbocycles. The van der Waals surface area contributed by atoms with Gasteiger partial charge in [-0.1, -0.05) is 0 Å². The van der Waals surface area contributed by atoms with Crippen molar-refractivity contribution in [2.75, 3.05) is 20.1 Å². The second kappa shape index (κ2) is 5.80. The highest BCUT2D eigenvalue weighted by molar-refractivity contribution is 7.07. The van der Waals surface area contributed by atoms with Gasteiger partial charge in [0.05, 0.1) is 0 Å². The maximum Gasteiger partial charge on any atom is 0.0216 e. The summed E-state index contributed by atoms with van der Waals surface area (Å²) in [7, 11) is 2.23. The minimum atomic E-state index is 0.627. The van der Waals surface area contributed by atoms with Gasteiger partial charge in [-0.05, 0) is 61.7 Å². The van der Waals surface area contributed by atoms with Crippen LogP contribution < -0.4 is 5.32 Å². The predicted octanol–water partition coefficient (Wildman–Crippen LogP) is 2.57. The smallest absolute Gasteiger partial charge is 0.0216 e. The molecule has 16 heavy (non-hydrogen) atoms. The summed E-state index contributed by atoms with van der Waals surface area (Å²) in [6.07, 6.45) is 2.73. The molecule has 1 N–H and O–H groups in total. The van der Waals surface area contributed by atoms with Crippen LogP contribution in [0, 0.1) is 5.92 Å². The molecule has 1 aliphatic rings. The monoisotopic (exact) mass is 238 g/mol. The molecule has 2 atom stereocenters. The molecule has 0 amide bonds. The third-order valence-corrected chi connectivity index (χ3v) is 4.31. The predicted molar refractivity (Wildman–Crippen MR) is 70.8 cm³/mol. The van der Waals surface area contributed by atoms with Crippen LogP contribution in [0.1, 0.15) is 25.3 Å². The molecule has 1 saturated heterocycles. The molecule has 0 bridgehead atoms. The van der Waals surface area contributed by atoms with Crippen LogP contribution in [-0.4, -0.2) is 31.1 Å². The summed E-state index contributed by atoms with van der Waals surface area (Å²) >= 11 is 1.78. The number of piperidine rings is 1. The van der Waals surface area contributed by atoms with Crippen molar-refractivity contribution in [2.45, 2.75) is 32.4 Å². The van der Waals surface area contributed by atoms with Gasteiger partial charge in [-0.25, -0.2) is 0 Å². The van der Waals surface area contributed by atoms with Crippen molar-refractivity contribution in [1.29, 1.82) is 0 Å². The van der Waals surface area contributed by atoms with Crippen LogP contribution in [0.15, 0.2) is 16.8 Å². The molecule has 2 nitrogen and oxygen atoms in total. The van der Waals surface area contributed by atoms with Crippen molar-refractivity contribution in [3.8, 4) is 0 Å². The lowest BCUT2D eigenvalue weighted by Crippen LogP contribution is -2.42. The molecule has 1 fully saturated rings. The molecular formula is C13H22N2S. The molecule has 0 aromatic carbocycles. The highest BCUT2D eigenvalue weighted by Gasteiger charge is 2.22. The average Bonchev–Trinajstić information content (AvgIpc) is 2.78. The van der Waals surface area contributed by atoms with Gasteiger partial charge >= 0.3 is 0 Å². The van der Waals surface area contributed by atoms with E-state index in [4.69, 9.17) is 0 Å². The Morgan fingerprint density at radius 3 is 3.19 bits per heavy atom. The van der Waals surface area contributed by atoms with Crippen molar-refractivity contribution >= 4 is 11.3 Å². The Morgan fingerprint density at radius 2 is 2.50 bits per heavy atom. The van der Waals surface area contributed by atoms with Gasteiger partial charge in [0.15, 0.2) is 0 Å². The van der Waals surface area contributed by atoms with Crippen LogP contribution in [0.4, 0.5) is 0 Å². The van der Waals surface area contributed by atoms with Crippen molar-refractivity contribution < 1.29 is 0 Å². The lowest BCUT2D eigenvalue weighted by Gasteiger charge is -2.34. The zero-order valence-corrected chi connectivity index (χ0v) is 11.1. The number of likely N-dealkylation sites (tertiary alicyclic amines) is 1. The quantitative estimate of drug-likeness (QED) is 0.867. The van der Waals surface area contributed by atoms with E-state index < -0.39 is 0 Å². The molecule has 0 aliphatic carbocycles. The van der Waals surface area contributed by atoms with Crippen LogP contribution >= 0.6 is 11.3 Å². The SMILES string of the molecule is CC(NCc1ccsc1)C1CCCN(C)C1. The van der Waals surface area contributed by atoms with Crippen LogP contribution in [0.3, 0.4) is 0 Å². The number of hydrogen-bond donors (Lipinski definition) is 1. The highest BCUT2D eigenvalue weighted by atomic mass is 32.1. The standard InChI is InChI=1S/C13H22N2S/c1-11(13-4-3-6-15(2)9-13)14-8-12-5-7-16-10-12/h5,7,10-11,13-14H,3-4,6,8-9H2,1-2H3. The summed E-state index contributed by atoms with van der Waals surface area (Å²) in [5.41, 5.74) is 1.42. The lowest BCUT2D eigenvalue weighted by molar-refractivity contribution is 0.178. The Hall–Kier alpha value is -0.380. The van der Waals surface area contributed by atoms with Crippen molar-refractivity contribution in [3.05, 3.63) is 22.4 Å². The first-order valence-corrected chi connectivity index (χ1v) is 7.13. The topological polar surface area (TPSA) is 15.3 Å². The van der Waals surface area contributed by atoms with Gasteiger partial charge in [0.25, 0.3) is 0 Å². The maximum atomic E-state index is 3.66. The minimum absolute atomic E-state index is 0.627. The van der Waals surface area contributed by atoms with E-state index >= 15 is 0 Å². The molecular weight excluding hydrogens is 216 g/mol. The van der Waals surface area contributed by atoms with Gasteiger partial charge in [-0.3, -0.25) is 0 Å². The Morgan fingerprint density at radius 1 is 1.62 bits per heavy atom. The van der Waals surface area contributed by atoms with E-state index in [1.807, 2.05) is 0 Å². The molecule has 2 rings (SSSR count). The van der Waals surface area contributed by atoms with Crippen molar-refractivity contribution in [1.82, 2.24) is 10.2 Å². The first-order valence-electron chi connectivity index (χ1n) is 6.18. The second-order valence-electron chi connectivity index (χ2n) is 4.97. The summed E-state index contributed by atoms with van der Waals surface area (Å²) in [6, 6.07) is 2.83. The van der Waals surface area contributed by atoms with E-state index in [1.165, 1.54) is 31.5 Å². The van der Waals surface area contributed by atoms with E-state index in [0.717, 1.165) is 12.5 Å². The molecule has 1 aliphatic heterocycles. The van der Waals surface area contributed by atoms with Gasteiger partial charge in [0.2, 0.25) is 0 Å². The van der Waals surface area contributed by atoms with E-state index in [2.05, 4.69) is 41.0 Å². The zero-order valence-electron chi connectivity index (χ0n) is 10.3. The highest BCUT2D eigenvalue weighted by Crippen LogP contribution is 2.19. The molecule has 2 unspecified atom stereocenters. The van der Waals surface area contributed by atoms with Crippen molar-refractivity contribution in [2.24, 2.45) is 5.92 Å². The molecule has 3 heteroatoms. The zero-order chi connectivity index (χ0) is 11.4. The Kier molecular flexibility index (Phi) is 4.38. The minimum Gasteiger partial charge on any atom is -0.310 e. The Labute approximate surface area is 103 Å². The maximum absolute atomic E-state index is 3.66. The molecule has 0 radical (unpaired) electrons. The number of thiophene rings is 1. The molecule has 1 aromatic rings. The fraction of sp³-hybridized carbons (Fsp3) is 0.692. The molecule has 90 valence electrons.